The molecule has 25 heavy (non-hydrogen) atoms. The van der Waals surface area contributed by atoms with E-state index in [4.69, 9.17) is 0 Å². The number of rotatable bonds is 5. The minimum atomic E-state index is -0.432. The van der Waals surface area contributed by atoms with Gasteiger partial charge in [-0.15, -0.1) is 0 Å². The van der Waals surface area contributed by atoms with Crippen LogP contribution < -0.4 is 4.90 Å². The number of anilines is 1. The molecule has 0 aromatic heterocycles. The fraction of sp³-hybridized carbons (Fsp3) is 0.316. The molecule has 0 radical (unpaired) electrons. The van der Waals surface area contributed by atoms with Gasteiger partial charge in [0, 0.05) is 31.9 Å². The van der Waals surface area contributed by atoms with Crippen molar-refractivity contribution in [2.45, 2.75) is 26.3 Å². The van der Waals surface area contributed by atoms with E-state index in [9.17, 15) is 14.9 Å². The Hall–Kier alpha value is -2.89. The molecule has 0 saturated heterocycles. The highest BCUT2D eigenvalue weighted by Crippen LogP contribution is 2.23. The molecule has 0 heterocycles. The number of nitro benzene ring substituents is 1. The molecule has 0 aliphatic heterocycles. The zero-order valence-corrected chi connectivity index (χ0v) is 15.0. The lowest BCUT2D eigenvalue weighted by molar-refractivity contribution is -0.384. The Labute approximate surface area is 147 Å². The number of carbonyl (C=O) groups excluding carboxylic acids is 1. The smallest absolute Gasteiger partial charge is 0.324 e. The van der Waals surface area contributed by atoms with Crippen molar-refractivity contribution in [1.29, 1.82) is 0 Å². The third-order valence-corrected chi connectivity index (χ3v) is 3.95. The molecule has 0 atom stereocenters. The molecule has 2 amide bonds. The molecule has 2 aromatic rings. The zero-order chi connectivity index (χ0) is 18.6. The van der Waals surface area contributed by atoms with Crippen molar-refractivity contribution in [2.24, 2.45) is 0 Å². The molecule has 0 fully saturated rings. The van der Waals surface area contributed by atoms with E-state index in [2.05, 4.69) is 13.8 Å². The Kier molecular flexibility index (Phi) is 5.75. The minimum absolute atomic E-state index is 0.0184. The molecule has 0 aliphatic carbocycles. The number of nitrogens with zero attached hydrogens (tertiary/aromatic N) is 3. The first kappa shape index (κ1) is 18.4. The number of benzene rings is 2. The molecule has 6 nitrogen and oxygen atoms in total. The molecule has 2 rings (SSSR count). The lowest BCUT2D eigenvalue weighted by Crippen LogP contribution is -2.38. The van der Waals surface area contributed by atoms with Crippen LogP contribution in [0.3, 0.4) is 0 Å². The van der Waals surface area contributed by atoms with Crippen LogP contribution in [-0.2, 0) is 6.54 Å². The zero-order valence-electron chi connectivity index (χ0n) is 15.0. The maximum absolute atomic E-state index is 12.6. The van der Waals surface area contributed by atoms with E-state index in [0.717, 1.165) is 5.69 Å². The summed E-state index contributed by atoms with van der Waals surface area (Å²) in [5.74, 6) is 0.406. The first-order valence-corrected chi connectivity index (χ1v) is 8.11. The summed E-state index contributed by atoms with van der Waals surface area (Å²) in [6.07, 6.45) is 0. The summed E-state index contributed by atoms with van der Waals surface area (Å²) >= 11 is 0. The Morgan fingerprint density at radius 2 is 1.76 bits per heavy atom. The number of hydrogen-bond donors (Lipinski definition) is 0. The summed E-state index contributed by atoms with van der Waals surface area (Å²) < 4.78 is 0. The van der Waals surface area contributed by atoms with Crippen LogP contribution >= 0.6 is 0 Å². The summed E-state index contributed by atoms with van der Waals surface area (Å²) in [5.41, 5.74) is 2.67. The second-order valence-corrected chi connectivity index (χ2v) is 6.44. The fourth-order valence-corrected chi connectivity index (χ4v) is 2.50. The molecule has 132 valence electrons. The molecule has 0 unspecified atom stereocenters. The quantitative estimate of drug-likeness (QED) is 0.598. The van der Waals surface area contributed by atoms with Gasteiger partial charge < -0.3 is 4.90 Å². The van der Waals surface area contributed by atoms with Gasteiger partial charge in [-0.3, -0.25) is 15.0 Å². The monoisotopic (exact) mass is 341 g/mol. The second-order valence-electron chi connectivity index (χ2n) is 6.44. The van der Waals surface area contributed by atoms with Crippen LogP contribution in [0.2, 0.25) is 0 Å². The number of carbonyl (C=O) groups is 1. The van der Waals surface area contributed by atoms with E-state index >= 15 is 0 Å². The Morgan fingerprint density at radius 3 is 2.28 bits per heavy atom. The first-order chi connectivity index (χ1) is 11.8. The Bertz CT molecular complexity index is 755. The molecular formula is C19H23N3O3. The van der Waals surface area contributed by atoms with Gasteiger partial charge >= 0.3 is 6.03 Å². The topological polar surface area (TPSA) is 66.7 Å². The number of hydrogen-bond acceptors (Lipinski definition) is 3. The predicted octanol–water partition coefficient (Wildman–Crippen LogP) is 4.41. The SMILES string of the molecule is CC(C)c1ccc(N(Cc2cccc([N+](=O)[O-])c2)C(=O)N(C)C)cc1. The summed E-state index contributed by atoms with van der Waals surface area (Å²) in [7, 11) is 3.37. The molecule has 0 saturated carbocycles. The lowest BCUT2D eigenvalue weighted by atomic mass is 10.0. The van der Waals surface area contributed by atoms with Gasteiger partial charge in [-0.1, -0.05) is 38.1 Å². The average Bonchev–Trinajstić information content (AvgIpc) is 2.59. The molecule has 0 spiro atoms. The van der Waals surface area contributed by atoms with E-state index < -0.39 is 4.92 Å². The normalized spacial score (nSPS) is 10.6. The van der Waals surface area contributed by atoms with Gasteiger partial charge in [-0.25, -0.2) is 4.79 Å². The summed E-state index contributed by atoms with van der Waals surface area (Å²) in [5, 5.41) is 11.0. The van der Waals surface area contributed by atoms with Gasteiger partial charge in [-0.2, -0.15) is 0 Å². The van der Waals surface area contributed by atoms with Crippen molar-refractivity contribution in [1.82, 2.24) is 4.90 Å². The number of urea groups is 1. The van der Waals surface area contributed by atoms with Crippen molar-refractivity contribution < 1.29 is 9.72 Å². The summed E-state index contributed by atoms with van der Waals surface area (Å²) in [6.45, 7) is 4.49. The van der Waals surface area contributed by atoms with Gasteiger partial charge in [0.25, 0.3) is 5.69 Å². The average molecular weight is 341 g/mol. The van der Waals surface area contributed by atoms with Crippen molar-refractivity contribution in [3.63, 3.8) is 0 Å². The second kappa shape index (κ2) is 7.79. The van der Waals surface area contributed by atoms with Crippen LogP contribution in [-0.4, -0.2) is 29.9 Å². The molecule has 2 aromatic carbocycles. The number of nitro groups is 1. The fourth-order valence-electron chi connectivity index (χ4n) is 2.50. The van der Waals surface area contributed by atoms with Crippen LogP contribution in [0.15, 0.2) is 48.5 Å². The van der Waals surface area contributed by atoms with Crippen molar-refractivity contribution in [3.8, 4) is 0 Å². The van der Waals surface area contributed by atoms with E-state index in [1.165, 1.54) is 22.6 Å². The summed E-state index contributed by atoms with van der Waals surface area (Å²) in [6, 6.07) is 14.0. The van der Waals surface area contributed by atoms with E-state index in [0.29, 0.717) is 11.5 Å². The molecule has 0 bridgehead atoms. The number of amides is 2. The van der Waals surface area contributed by atoms with Gasteiger partial charge in [0.1, 0.15) is 0 Å². The molecule has 6 heteroatoms. The first-order valence-electron chi connectivity index (χ1n) is 8.11. The van der Waals surface area contributed by atoms with Crippen molar-refractivity contribution in [2.75, 3.05) is 19.0 Å². The van der Waals surface area contributed by atoms with Gasteiger partial charge in [0.2, 0.25) is 0 Å². The van der Waals surface area contributed by atoms with E-state index in [1.54, 1.807) is 31.1 Å². The highest BCUT2D eigenvalue weighted by Gasteiger charge is 2.19. The number of non-ortho nitro benzene ring substituents is 1. The van der Waals surface area contributed by atoms with Gasteiger partial charge in [0.15, 0.2) is 0 Å². The Morgan fingerprint density at radius 1 is 1.12 bits per heavy atom. The van der Waals surface area contributed by atoms with E-state index in [1.807, 2.05) is 24.3 Å². The minimum Gasteiger partial charge on any atom is -0.330 e. The van der Waals surface area contributed by atoms with Crippen LogP contribution in [0, 0.1) is 10.1 Å². The van der Waals surface area contributed by atoms with Gasteiger partial charge in [0.05, 0.1) is 11.5 Å². The lowest BCUT2D eigenvalue weighted by Gasteiger charge is -2.26. The van der Waals surface area contributed by atoms with Crippen molar-refractivity contribution in [3.05, 3.63) is 69.8 Å². The highest BCUT2D eigenvalue weighted by atomic mass is 16.6. The van der Waals surface area contributed by atoms with E-state index in [-0.39, 0.29) is 18.3 Å². The molecule has 0 N–H and O–H groups in total. The molecule has 0 aliphatic rings. The Balaban J connectivity index is 2.35. The summed E-state index contributed by atoms with van der Waals surface area (Å²) in [4.78, 5) is 26.2. The predicted molar refractivity (Wildman–Crippen MR) is 98.9 cm³/mol. The maximum Gasteiger partial charge on any atom is 0.324 e. The largest absolute Gasteiger partial charge is 0.330 e. The van der Waals surface area contributed by atoms with Crippen LogP contribution in [0.1, 0.15) is 30.9 Å². The standard InChI is InChI=1S/C19H23N3O3/c1-14(2)16-8-10-17(11-9-16)21(19(23)20(3)4)13-15-6-5-7-18(12-15)22(24)25/h5-12,14H,13H2,1-4H3. The highest BCUT2D eigenvalue weighted by molar-refractivity contribution is 5.91. The van der Waals surface area contributed by atoms with Crippen LogP contribution in [0.25, 0.3) is 0 Å². The van der Waals surface area contributed by atoms with Crippen LogP contribution in [0.5, 0.6) is 0 Å². The van der Waals surface area contributed by atoms with Gasteiger partial charge in [-0.05, 0) is 29.2 Å². The maximum atomic E-state index is 12.6. The molecular weight excluding hydrogens is 318 g/mol. The third-order valence-electron chi connectivity index (χ3n) is 3.95. The van der Waals surface area contributed by atoms with Crippen molar-refractivity contribution >= 4 is 17.4 Å². The third kappa shape index (κ3) is 4.56. The van der Waals surface area contributed by atoms with Crippen LogP contribution in [0.4, 0.5) is 16.2 Å².